The van der Waals surface area contributed by atoms with E-state index in [9.17, 15) is 15.0 Å². The van der Waals surface area contributed by atoms with Crippen LogP contribution in [0.15, 0.2) is 12.2 Å². The van der Waals surface area contributed by atoms with Gasteiger partial charge in [0.25, 0.3) is 0 Å². The highest BCUT2D eigenvalue weighted by molar-refractivity contribution is 5.78. The lowest BCUT2D eigenvalue weighted by molar-refractivity contribution is -0.121. The van der Waals surface area contributed by atoms with Crippen LogP contribution in [0.2, 0.25) is 0 Å². The van der Waals surface area contributed by atoms with Gasteiger partial charge < -0.3 is 10.2 Å². The van der Waals surface area contributed by atoms with Crippen LogP contribution in [0, 0.1) is 23.7 Å². The van der Waals surface area contributed by atoms with E-state index >= 15 is 0 Å². The quantitative estimate of drug-likeness (QED) is 0.713. The van der Waals surface area contributed by atoms with Crippen molar-refractivity contribution in [2.75, 3.05) is 0 Å². The van der Waals surface area contributed by atoms with Gasteiger partial charge >= 0.3 is 0 Å². The van der Waals surface area contributed by atoms with E-state index in [4.69, 9.17) is 0 Å². The number of aliphatic hydroxyl groups excluding tert-OH is 2. The fourth-order valence-electron chi connectivity index (χ4n) is 3.55. The van der Waals surface area contributed by atoms with E-state index < -0.39 is 6.10 Å². The maximum atomic E-state index is 12.2. The molecule has 3 heteroatoms. The molecular formula is C20H36O3. The molecule has 0 aromatic heterocycles. The van der Waals surface area contributed by atoms with Gasteiger partial charge in [0.2, 0.25) is 0 Å². The Hall–Kier alpha value is -0.670. The van der Waals surface area contributed by atoms with Gasteiger partial charge in [-0.25, -0.2) is 0 Å². The molecule has 1 fully saturated rings. The maximum Gasteiger partial charge on any atom is 0.133 e. The van der Waals surface area contributed by atoms with Crippen LogP contribution in [0.4, 0.5) is 0 Å². The molecule has 0 aliphatic heterocycles. The Kier molecular flexibility index (Phi) is 8.49. The molecule has 134 valence electrons. The Bertz CT molecular complexity index is 390. The van der Waals surface area contributed by atoms with Crippen molar-refractivity contribution in [3.05, 3.63) is 12.2 Å². The van der Waals surface area contributed by atoms with Gasteiger partial charge in [-0.3, -0.25) is 4.79 Å². The van der Waals surface area contributed by atoms with E-state index in [1.807, 2.05) is 13.8 Å². The topological polar surface area (TPSA) is 57.5 Å². The second kappa shape index (κ2) is 9.58. The van der Waals surface area contributed by atoms with Crippen molar-refractivity contribution in [1.82, 2.24) is 0 Å². The highest BCUT2D eigenvalue weighted by Crippen LogP contribution is 2.29. The van der Waals surface area contributed by atoms with Gasteiger partial charge in [-0.1, -0.05) is 32.9 Å². The van der Waals surface area contributed by atoms with Gasteiger partial charge in [0.05, 0.1) is 12.2 Å². The van der Waals surface area contributed by atoms with E-state index in [2.05, 4.69) is 20.4 Å². The minimum Gasteiger partial charge on any atom is -0.393 e. The zero-order valence-corrected chi connectivity index (χ0v) is 15.4. The number of carbonyl (C=O) groups is 1. The number of hydrogen-bond acceptors (Lipinski definition) is 3. The fraction of sp³-hybridized carbons (Fsp3) is 0.850. The van der Waals surface area contributed by atoms with Crippen LogP contribution in [0.3, 0.4) is 0 Å². The van der Waals surface area contributed by atoms with Crippen LogP contribution >= 0.6 is 0 Å². The summed E-state index contributed by atoms with van der Waals surface area (Å²) in [5.74, 6) is 1.05. The summed E-state index contributed by atoms with van der Waals surface area (Å²) in [6, 6.07) is 0. The van der Waals surface area contributed by atoms with Crippen LogP contribution < -0.4 is 0 Å². The lowest BCUT2D eigenvalue weighted by atomic mass is 9.81. The van der Waals surface area contributed by atoms with Crippen LogP contribution in [0.5, 0.6) is 0 Å². The normalized spacial score (nSPS) is 38.8. The summed E-state index contributed by atoms with van der Waals surface area (Å²) in [5.41, 5.74) is 1.09. The third-order valence-electron chi connectivity index (χ3n) is 5.59. The predicted octanol–water partition coefficient (Wildman–Crippen LogP) is 4.12. The number of aliphatic hydroxyl groups is 2. The summed E-state index contributed by atoms with van der Waals surface area (Å²) in [7, 11) is 0. The highest BCUT2D eigenvalue weighted by Gasteiger charge is 2.25. The molecule has 0 heterocycles. The van der Waals surface area contributed by atoms with E-state index in [1.165, 1.54) is 0 Å². The van der Waals surface area contributed by atoms with E-state index in [1.54, 1.807) is 0 Å². The molecule has 0 saturated heterocycles. The lowest BCUT2D eigenvalue weighted by Crippen LogP contribution is -2.26. The number of Topliss-reactive ketones (excluding diaryl/α,β-unsaturated/α-hetero) is 1. The average molecular weight is 325 g/mol. The molecule has 1 unspecified atom stereocenters. The molecular weight excluding hydrogens is 288 g/mol. The molecule has 1 aliphatic rings. The minimum atomic E-state index is -0.459. The van der Waals surface area contributed by atoms with Gasteiger partial charge in [0, 0.05) is 12.8 Å². The predicted molar refractivity (Wildman–Crippen MR) is 95.1 cm³/mol. The van der Waals surface area contributed by atoms with Crippen molar-refractivity contribution in [2.24, 2.45) is 23.7 Å². The minimum absolute atomic E-state index is 0.00232. The van der Waals surface area contributed by atoms with Crippen LogP contribution in [-0.4, -0.2) is 28.2 Å². The molecule has 0 aromatic rings. The molecule has 1 aliphatic carbocycles. The van der Waals surface area contributed by atoms with Crippen molar-refractivity contribution >= 4 is 5.78 Å². The number of ketones is 1. The largest absolute Gasteiger partial charge is 0.393 e. The first-order chi connectivity index (χ1) is 10.7. The lowest BCUT2D eigenvalue weighted by Gasteiger charge is -2.28. The molecule has 1 rings (SSSR count). The molecule has 2 N–H and O–H groups in total. The van der Waals surface area contributed by atoms with Crippen molar-refractivity contribution in [3.8, 4) is 0 Å². The molecule has 0 aromatic carbocycles. The highest BCUT2D eigenvalue weighted by atomic mass is 16.3. The smallest absolute Gasteiger partial charge is 0.133 e. The summed E-state index contributed by atoms with van der Waals surface area (Å²) >= 11 is 0. The van der Waals surface area contributed by atoms with E-state index in [-0.39, 0.29) is 29.6 Å². The maximum absolute atomic E-state index is 12.2. The summed E-state index contributed by atoms with van der Waals surface area (Å²) < 4.78 is 0. The van der Waals surface area contributed by atoms with Crippen molar-refractivity contribution < 1.29 is 15.0 Å². The Morgan fingerprint density at radius 1 is 0.957 bits per heavy atom. The van der Waals surface area contributed by atoms with Crippen LogP contribution in [-0.2, 0) is 4.79 Å². The first-order valence-electron chi connectivity index (χ1n) is 9.23. The van der Waals surface area contributed by atoms with Crippen LogP contribution in [0.1, 0.15) is 72.6 Å². The van der Waals surface area contributed by atoms with Crippen molar-refractivity contribution in [3.63, 3.8) is 0 Å². The second-order valence-electron chi connectivity index (χ2n) is 8.08. The average Bonchev–Trinajstić information content (AvgIpc) is 2.46. The molecule has 0 radical (unpaired) electrons. The number of hydrogen-bond donors (Lipinski definition) is 2. The second-order valence-corrected chi connectivity index (χ2v) is 8.08. The Morgan fingerprint density at radius 2 is 1.61 bits per heavy atom. The monoisotopic (exact) mass is 324 g/mol. The SMILES string of the molecule is C=C(C)C1CC[C@@H](C)[C@@H](O)CC[C@@H](C)CC(=O)C[C@@H](C)[C@H](O)C1. The molecule has 0 amide bonds. The Labute approximate surface area is 142 Å². The molecule has 6 atom stereocenters. The van der Waals surface area contributed by atoms with Crippen molar-refractivity contribution in [2.45, 2.75) is 84.8 Å². The van der Waals surface area contributed by atoms with Gasteiger partial charge in [-0.15, -0.1) is 0 Å². The first-order valence-corrected chi connectivity index (χ1v) is 9.23. The molecule has 1 saturated carbocycles. The van der Waals surface area contributed by atoms with Gasteiger partial charge in [-0.05, 0) is 62.7 Å². The Morgan fingerprint density at radius 3 is 2.22 bits per heavy atom. The summed E-state index contributed by atoms with van der Waals surface area (Å²) in [6.07, 6.45) is 4.47. The van der Waals surface area contributed by atoms with Gasteiger partial charge in [-0.2, -0.15) is 0 Å². The summed E-state index contributed by atoms with van der Waals surface area (Å²) in [5, 5.41) is 20.8. The molecule has 0 spiro atoms. The molecule has 0 bridgehead atoms. The third-order valence-corrected chi connectivity index (χ3v) is 5.59. The van der Waals surface area contributed by atoms with Crippen molar-refractivity contribution in [1.29, 1.82) is 0 Å². The zero-order chi connectivity index (χ0) is 17.6. The Balaban J connectivity index is 2.81. The van der Waals surface area contributed by atoms with Gasteiger partial charge in [0.1, 0.15) is 5.78 Å². The van der Waals surface area contributed by atoms with E-state index in [0.29, 0.717) is 25.2 Å². The molecule has 3 nitrogen and oxygen atoms in total. The number of allylic oxidation sites excluding steroid dienone is 1. The standard InChI is InChI=1S/C20H36O3/c1-13(2)17-8-7-15(4)19(22)9-6-14(3)10-18(21)11-16(5)20(23)12-17/h14-17,19-20,22-23H,1,6-12H2,2-5H3/t14-,15-,16-,17?,19+,20-/m1/s1. The number of rotatable bonds is 1. The first kappa shape index (κ1) is 20.4. The molecule has 23 heavy (non-hydrogen) atoms. The zero-order valence-electron chi connectivity index (χ0n) is 15.4. The van der Waals surface area contributed by atoms with Crippen LogP contribution in [0.25, 0.3) is 0 Å². The van der Waals surface area contributed by atoms with Gasteiger partial charge in [0.15, 0.2) is 0 Å². The summed E-state index contributed by atoms with van der Waals surface area (Å²) in [4.78, 5) is 12.2. The third kappa shape index (κ3) is 7.17. The number of carbonyl (C=O) groups excluding carboxylic acids is 1. The van der Waals surface area contributed by atoms with E-state index in [0.717, 1.165) is 31.3 Å². The summed E-state index contributed by atoms with van der Waals surface area (Å²) in [6.45, 7) is 12.2. The fourth-order valence-corrected chi connectivity index (χ4v) is 3.55.